The minimum absolute atomic E-state index is 0.604. The molecule has 1 N–H and O–H groups in total. The molecule has 0 atom stereocenters. The number of anilines is 1. The van der Waals surface area contributed by atoms with Crippen molar-refractivity contribution in [2.75, 3.05) is 5.01 Å². The lowest BCUT2D eigenvalue weighted by atomic mass is 10.1. The zero-order valence-electron chi connectivity index (χ0n) is 10.1. The number of nitrogens with zero attached hydrogens (tertiary/aromatic N) is 2. The van der Waals surface area contributed by atoms with Crippen molar-refractivity contribution in [3.63, 3.8) is 0 Å². The van der Waals surface area contributed by atoms with Crippen LogP contribution in [0, 0.1) is 0 Å². The van der Waals surface area contributed by atoms with Gasteiger partial charge in [0.15, 0.2) is 0 Å². The molecule has 19 heavy (non-hydrogen) atoms. The Labute approximate surface area is 116 Å². The molecule has 1 aliphatic heterocycles. The molecule has 1 heterocycles. The number of halogens is 1. The van der Waals surface area contributed by atoms with E-state index in [0.29, 0.717) is 5.16 Å². The van der Waals surface area contributed by atoms with Crippen LogP contribution in [0.15, 0.2) is 70.9 Å². The summed E-state index contributed by atoms with van der Waals surface area (Å²) in [7, 11) is 0. The number of hydrazone groups is 1. The molecule has 0 bridgehead atoms. The average Bonchev–Trinajstić information content (AvgIpc) is 2.49. The van der Waals surface area contributed by atoms with E-state index in [-0.39, 0.29) is 0 Å². The fourth-order valence-electron chi connectivity index (χ4n) is 1.93. The van der Waals surface area contributed by atoms with Crippen LogP contribution in [0.1, 0.15) is 5.56 Å². The maximum atomic E-state index is 6.47. The van der Waals surface area contributed by atoms with Crippen molar-refractivity contribution in [1.29, 1.82) is 0 Å². The van der Waals surface area contributed by atoms with Crippen LogP contribution in [0.3, 0.4) is 0 Å². The Hall–Kier alpha value is -2.26. The fourth-order valence-corrected chi connectivity index (χ4v) is 2.22. The number of hydrogen-bond acceptors (Lipinski definition) is 3. The third-order valence-corrected chi connectivity index (χ3v) is 3.24. The summed E-state index contributed by atoms with van der Waals surface area (Å²) in [5, 5.41) is 6.51. The monoisotopic (exact) mass is 269 g/mol. The first-order valence-corrected chi connectivity index (χ1v) is 6.33. The van der Waals surface area contributed by atoms with E-state index < -0.39 is 0 Å². The smallest absolute Gasteiger partial charge is 0.140 e. The number of allylic oxidation sites excluding steroid dienone is 1. The Balaban J connectivity index is 2.03. The van der Waals surface area contributed by atoms with Gasteiger partial charge in [-0.15, -0.1) is 0 Å². The molecule has 0 unspecified atom stereocenters. The van der Waals surface area contributed by atoms with Crippen LogP contribution in [0.2, 0.25) is 0 Å². The summed E-state index contributed by atoms with van der Waals surface area (Å²) in [6, 6.07) is 19.8. The van der Waals surface area contributed by atoms with Gasteiger partial charge in [-0.1, -0.05) is 60.1 Å². The van der Waals surface area contributed by atoms with Crippen LogP contribution in [-0.4, -0.2) is 6.21 Å². The lowest BCUT2D eigenvalue weighted by Crippen LogP contribution is -2.35. The van der Waals surface area contributed by atoms with Crippen molar-refractivity contribution in [3.05, 3.63) is 71.4 Å². The van der Waals surface area contributed by atoms with E-state index in [1.807, 2.05) is 60.7 Å². The predicted octanol–water partition coefficient (Wildman–Crippen LogP) is 3.60. The second-order valence-corrected chi connectivity index (χ2v) is 4.46. The molecule has 0 spiro atoms. The molecule has 94 valence electrons. The summed E-state index contributed by atoms with van der Waals surface area (Å²) in [5.74, 6) is 0. The number of para-hydroxylation sites is 1. The SMILES string of the molecule is ClC1=C(c2ccccc2)C=NNN1c1ccccc1. The first kappa shape index (κ1) is 11.8. The first-order chi connectivity index (χ1) is 9.36. The van der Waals surface area contributed by atoms with Gasteiger partial charge in [0.25, 0.3) is 0 Å². The Morgan fingerprint density at radius 3 is 2.21 bits per heavy atom. The van der Waals surface area contributed by atoms with Gasteiger partial charge in [-0.05, 0) is 17.7 Å². The van der Waals surface area contributed by atoms with E-state index in [4.69, 9.17) is 11.6 Å². The lowest BCUT2D eigenvalue weighted by molar-refractivity contribution is 0.743. The van der Waals surface area contributed by atoms with Gasteiger partial charge in [0.1, 0.15) is 5.16 Å². The van der Waals surface area contributed by atoms with Crippen LogP contribution in [0.25, 0.3) is 5.57 Å². The van der Waals surface area contributed by atoms with Gasteiger partial charge in [0.05, 0.1) is 11.9 Å². The summed E-state index contributed by atoms with van der Waals surface area (Å²) in [6.07, 6.45) is 1.73. The molecule has 0 aliphatic carbocycles. The van der Waals surface area contributed by atoms with Gasteiger partial charge in [-0.3, -0.25) is 0 Å². The summed E-state index contributed by atoms with van der Waals surface area (Å²) >= 11 is 6.47. The highest BCUT2D eigenvalue weighted by molar-refractivity contribution is 6.38. The summed E-state index contributed by atoms with van der Waals surface area (Å²) < 4.78 is 0. The van der Waals surface area contributed by atoms with E-state index in [0.717, 1.165) is 16.8 Å². The molecule has 1 aliphatic rings. The Bertz CT molecular complexity index is 620. The number of hydrogen-bond donors (Lipinski definition) is 1. The van der Waals surface area contributed by atoms with E-state index in [9.17, 15) is 0 Å². The average molecular weight is 270 g/mol. The van der Waals surface area contributed by atoms with Crippen LogP contribution in [0.4, 0.5) is 5.69 Å². The molecule has 0 saturated carbocycles. The third kappa shape index (κ3) is 2.33. The molecule has 0 saturated heterocycles. The molecule has 0 aromatic heterocycles. The maximum Gasteiger partial charge on any atom is 0.140 e. The molecule has 0 amide bonds. The fraction of sp³-hybridized carbons (Fsp3) is 0. The maximum absolute atomic E-state index is 6.47. The molecular formula is C15H12ClN3. The largest absolute Gasteiger partial charge is 0.228 e. The van der Waals surface area contributed by atoms with Crippen molar-refractivity contribution in [3.8, 4) is 0 Å². The van der Waals surface area contributed by atoms with Gasteiger partial charge in [-0.25, -0.2) is 10.5 Å². The minimum atomic E-state index is 0.604. The topological polar surface area (TPSA) is 27.6 Å². The van der Waals surface area contributed by atoms with Crippen molar-refractivity contribution in [2.24, 2.45) is 5.10 Å². The Morgan fingerprint density at radius 2 is 1.53 bits per heavy atom. The third-order valence-electron chi connectivity index (χ3n) is 2.87. The normalized spacial score (nSPS) is 14.5. The first-order valence-electron chi connectivity index (χ1n) is 5.95. The van der Waals surface area contributed by atoms with Crippen LogP contribution < -0.4 is 10.5 Å². The van der Waals surface area contributed by atoms with Gasteiger partial charge in [-0.2, -0.15) is 5.10 Å². The van der Waals surface area contributed by atoms with Crippen molar-refractivity contribution in [2.45, 2.75) is 0 Å². The van der Waals surface area contributed by atoms with Crippen molar-refractivity contribution < 1.29 is 0 Å². The summed E-state index contributed by atoms with van der Waals surface area (Å²) in [5.41, 5.74) is 5.77. The van der Waals surface area contributed by atoms with Gasteiger partial charge < -0.3 is 0 Å². The summed E-state index contributed by atoms with van der Waals surface area (Å²) in [4.78, 5) is 0. The molecule has 3 rings (SSSR count). The van der Waals surface area contributed by atoms with E-state index >= 15 is 0 Å². The minimum Gasteiger partial charge on any atom is -0.228 e. The van der Waals surface area contributed by atoms with Gasteiger partial charge in [0, 0.05) is 5.57 Å². The number of benzene rings is 2. The van der Waals surface area contributed by atoms with Gasteiger partial charge >= 0.3 is 0 Å². The molecule has 0 fully saturated rings. The quantitative estimate of drug-likeness (QED) is 0.844. The molecule has 0 radical (unpaired) electrons. The highest BCUT2D eigenvalue weighted by Crippen LogP contribution is 2.28. The van der Waals surface area contributed by atoms with Gasteiger partial charge in [0.2, 0.25) is 0 Å². The second-order valence-electron chi connectivity index (χ2n) is 4.10. The molecule has 4 heteroatoms. The summed E-state index contributed by atoms with van der Waals surface area (Å²) in [6.45, 7) is 0. The number of rotatable bonds is 2. The highest BCUT2D eigenvalue weighted by Gasteiger charge is 2.18. The second kappa shape index (κ2) is 5.16. The lowest BCUT2D eigenvalue weighted by Gasteiger charge is -2.27. The van der Waals surface area contributed by atoms with E-state index in [1.165, 1.54) is 0 Å². The zero-order valence-corrected chi connectivity index (χ0v) is 10.9. The highest BCUT2D eigenvalue weighted by atomic mass is 35.5. The number of hydrazine groups is 1. The Morgan fingerprint density at radius 1 is 0.895 bits per heavy atom. The predicted molar refractivity (Wildman–Crippen MR) is 79.8 cm³/mol. The molecule has 3 nitrogen and oxygen atoms in total. The molecule has 2 aromatic rings. The standard InChI is InChI=1S/C15H12ClN3/c16-15-14(12-7-3-1-4-8-12)11-17-18-19(15)13-9-5-2-6-10-13/h1-11,18H. The van der Waals surface area contributed by atoms with Crippen molar-refractivity contribution >= 4 is 29.1 Å². The van der Waals surface area contributed by atoms with E-state index in [2.05, 4.69) is 10.6 Å². The van der Waals surface area contributed by atoms with Crippen LogP contribution in [-0.2, 0) is 0 Å². The number of nitrogens with one attached hydrogen (secondary N) is 1. The van der Waals surface area contributed by atoms with E-state index in [1.54, 1.807) is 11.2 Å². The van der Waals surface area contributed by atoms with Crippen LogP contribution in [0.5, 0.6) is 0 Å². The van der Waals surface area contributed by atoms with Crippen molar-refractivity contribution in [1.82, 2.24) is 5.53 Å². The molecule has 2 aromatic carbocycles. The zero-order chi connectivity index (χ0) is 13.1. The van der Waals surface area contributed by atoms with Crippen LogP contribution >= 0.6 is 11.6 Å². The molecular weight excluding hydrogens is 258 g/mol. The Kier molecular flexibility index (Phi) is 3.21.